The van der Waals surface area contributed by atoms with Crippen molar-refractivity contribution >= 4 is 11.3 Å². The summed E-state index contributed by atoms with van der Waals surface area (Å²) in [6.07, 6.45) is -1.25. The highest BCUT2D eigenvalue weighted by Gasteiger charge is 2.06. The second-order valence-electron chi connectivity index (χ2n) is 3.18. The molecule has 1 aromatic rings. The van der Waals surface area contributed by atoms with Gasteiger partial charge in [-0.05, 0) is 29.9 Å². The third-order valence-electron chi connectivity index (χ3n) is 2.18. The van der Waals surface area contributed by atoms with Crippen LogP contribution < -0.4 is 5.32 Å². The second-order valence-corrected chi connectivity index (χ2v) is 4.15. The maximum atomic E-state index is 11.8. The van der Waals surface area contributed by atoms with E-state index in [1.54, 1.807) is 11.3 Å². The second kappa shape index (κ2) is 5.41. The van der Waals surface area contributed by atoms with E-state index in [-0.39, 0.29) is 6.54 Å². The van der Waals surface area contributed by atoms with Gasteiger partial charge in [0.2, 0.25) is 0 Å². The Hall–Kier alpha value is -0.480. The van der Waals surface area contributed by atoms with Crippen molar-refractivity contribution in [1.82, 2.24) is 5.32 Å². The summed E-state index contributed by atoms with van der Waals surface area (Å²) in [5.41, 5.74) is 2.40. The van der Waals surface area contributed by atoms with Gasteiger partial charge in [-0.15, -0.1) is 11.3 Å². The van der Waals surface area contributed by atoms with Gasteiger partial charge in [0.25, 0.3) is 6.43 Å². The van der Waals surface area contributed by atoms with Gasteiger partial charge in [0.1, 0.15) is 0 Å². The monoisotopic (exact) mass is 219 g/mol. The lowest BCUT2D eigenvalue weighted by Gasteiger charge is -2.03. The Balaban J connectivity index is 2.46. The van der Waals surface area contributed by atoms with Gasteiger partial charge in [0.15, 0.2) is 0 Å². The molecule has 1 rings (SSSR count). The zero-order chi connectivity index (χ0) is 10.6. The van der Waals surface area contributed by atoms with Crippen LogP contribution in [0.5, 0.6) is 0 Å². The minimum atomic E-state index is -2.26. The van der Waals surface area contributed by atoms with Crippen molar-refractivity contribution in [2.45, 2.75) is 33.2 Å². The normalized spacial score (nSPS) is 11.2. The molecule has 0 bridgehead atoms. The van der Waals surface area contributed by atoms with Crippen LogP contribution in [0.2, 0.25) is 0 Å². The predicted octanol–water partition coefficient (Wildman–Crippen LogP) is 2.97. The highest BCUT2D eigenvalue weighted by Crippen LogP contribution is 2.21. The summed E-state index contributed by atoms with van der Waals surface area (Å²) in [4.78, 5) is 1.35. The summed E-state index contributed by atoms with van der Waals surface area (Å²) in [6.45, 7) is 4.48. The van der Waals surface area contributed by atoms with Crippen molar-refractivity contribution in [3.05, 3.63) is 21.4 Å². The zero-order valence-electron chi connectivity index (χ0n) is 8.44. The number of halogens is 2. The van der Waals surface area contributed by atoms with Gasteiger partial charge >= 0.3 is 0 Å². The van der Waals surface area contributed by atoms with Crippen LogP contribution in [0.25, 0.3) is 0 Å². The molecule has 1 heterocycles. The quantitative estimate of drug-likeness (QED) is 0.802. The lowest BCUT2D eigenvalue weighted by Crippen LogP contribution is -2.20. The zero-order valence-corrected chi connectivity index (χ0v) is 9.26. The van der Waals surface area contributed by atoms with Crippen LogP contribution in [0.1, 0.15) is 22.9 Å². The maximum Gasteiger partial charge on any atom is 0.250 e. The van der Waals surface area contributed by atoms with E-state index < -0.39 is 6.43 Å². The molecule has 80 valence electrons. The fraction of sp³-hybridized carbons (Fsp3) is 0.600. The largest absolute Gasteiger partial charge is 0.307 e. The molecular weight excluding hydrogens is 204 g/mol. The average Bonchev–Trinajstić information content (AvgIpc) is 2.47. The Bertz CT molecular complexity index is 284. The number of hydrogen-bond donors (Lipinski definition) is 1. The Morgan fingerprint density at radius 3 is 2.71 bits per heavy atom. The number of hydrogen-bond acceptors (Lipinski definition) is 2. The van der Waals surface area contributed by atoms with Gasteiger partial charge in [0.05, 0.1) is 6.54 Å². The lowest BCUT2D eigenvalue weighted by molar-refractivity contribution is 0.145. The van der Waals surface area contributed by atoms with Crippen molar-refractivity contribution in [2.24, 2.45) is 0 Å². The Morgan fingerprint density at radius 1 is 1.50 bits per heavy atom. The third-order valence-corrected chi connectivity index (χ3v) is 3.46. The molecule has 0 fully saturated rings. The molecule has 0 saturated carbocycles. The molecule has 0 aliphatic carbocycles. The van der Waals surface area contributed by atoms with Crippen molar-refractivity contribution in [3.63, 3.8) is 0 Å². The van der Waals surface area contributed by atoms with Gasteiger partial charge in [0, 0.05) is 11.4 Å². The number of thiophene rings is 1. The van der Waals surface area contributed by atoms with Crippen molar-refractivity contribution in [1.29, 1.82) is 0 Å². The van der Waals surface area contributed by atoms with E-state index in [0.29, 0.717) is 6.54 Å². The van der Waals surface area contributed by atoms with E-state index in [2.05, 4.69) is 19.2 Å². The highest BCUT2D eigenvalue weighted by molar-refractivity contribution is 7.10. The molecule has 0 radical (unpaired) electrons. The van der Waals surface area contributed by atoms with Gasteiger partial charge in [-0.3, -0.25) is 0 Å². The fourth-order valence-electron chi connectivity index (χ4n) is 1.34. The summed E-state index contributed by atoms with van der Waals surface area (Å²) >= 11 is 1.71. The summed E-state index contributed by atoms with van der Waals surface area (Å²) in [5, 5.41) is 4.78. The van der Waals surface area contributed by atoms with Crippen molar-refractivity contribution in [3.8, 4) is 0 Å². The van der Waals surface area contributed by atoms with E-state index in [9.17, 15) is 8.78 Å². The summed E-state index contributed by atoms with van der Waals surface area (Å²) in [5.74, 6) is 0. The number of nitrogens with one attached hydrogen (secondary N) is 1. The molecule has 0 unspecified atom stereocenters. The first-order valence-corrected chi connectivity index (χ1v) is 5.57. The molecule has 0 amide bonds. The van der Waals surface area contributed by atoms with Crippen molar-refractivity contribution in [2.75, 3.05) is 6.54 Å². The van der Waals surface area contributed by atoms with Gasteiger partial charge in [-0.1, -0.05) is 6.92 Å². The van der Waals surface area contributed by atoms with E-state index in [0.717, 1.165) is 12.0 Å². The Kier molecular flexibility index (Phi) is 4.48. The molecule has 1 nitrogen and oxygen atoms in total. The molecule has 0 aromatic carbocycles. The number of alkyl halides is 2. The first-order chi connectivity index (χ1) is 6.65. The van der Waals surface area contributed by atoms with E-state index in [1.165, 1.54) is 10.4 Å². The highest BCUT2D eigenvalue weighted by atomic mass is 32.1. The van der Waals surface area contributed by atoms with Gasteiger partial charge in [-0.2, -0.15) is 0 Å². The van der Waals surface area contributed by atoms with Crippen LogP contribution in [0.3, 0.4) is 0 Å². The van der Waals surface area contributed by atoms with Gasteiger partial charge in [-0.25, -0.2) is 8.78 Å². The van der Waals surface area contributed by atoms with Crippen LogP contribution in [-0.4, -0.2) is 13.0 Å². The smallest absolute Gasteiger partial charge is 0.250 e. The molecule has 14 heavy (non-hydrogen) atoms. The van der Waals surface area contributed by atoms with Crippen LogP contribution in [0.4, 0.5) is 8.78 Å². The molecular formula is C10H15F2NS. The molecule has 1 aromatic heterocycles. The minimum Gasteiger partial charge on any atom is -0.307 e. The Labute approximate surface area is 87.1 Å². The molecule has 1 N–H and O–H groups in total. The predicted molar refractivity (Wildman–Crippen MR) is 56.1 cm³/mol. The molecule has 0 aliphatic heterocycles. The standard InChI is InChI=1S/C10H15F2NS/c1-3-9-7(2)8(6-14-9)4-13-5-10(11)12/h6,10,13H,3-5H2,1-2H3. The maximum absolute atomic E-state index is 11.8. The molecule has 0 atom stereocenters. The average molecular weight is 219 g/mol. The summed E-state index contributed by atoms with van der Waals surface area (Å²) < 4.78 is 23.7. The van der Waals surface area contributed by atoms with Crippen LogP contribution in [0.15, 0.2) is 5.38 Å². The summed E-state index contributed by atoms with van der Waals surface area (Å²) in [6, 6.07) is 0. The first-order valence-electron chi connectivity index (χ1n) is 4.69. The number of aryl methyl sites for hydroxylation is 1. The molecule has 0 spiro atoms. The summed E-state index contributed by atoms with van der Waals surface area (Å²) in [7, 11) is 0. The molecule has 0 saturated heterocycles. The van der Waals surface area contributed by atoms with Crippen LogP contribution in [0, 0.1) is 6.92 Å². The lowest BCUT2D eigenvalue weighted by atomic mass is 10.1. The van der Waals surface area contributed by atoms with Crippen LogP contribution in [-0.2, 0) is 13.0 Å². The SMILES string of the molecule is CCc1scc(CNCC(F)F)c1C. The van der Waals surface area contributed by atoms with E-state index in [1.807, 2.05) is 5.38 Å². The topological polar surface area (TPSA) is 12.0 Å². The number of rotatable bonds is 5. The fourth-order valence-corrected chi connectivity index (χ4v) is 2.36. The first kappa shape index (κ1) is 11.6. The minimum absolute atomic E-state index is 0.225. The van der Waals surface area contributed by atoms with Gasteiger partial charge < -0.3 is 5.32 Å². The van der Waals surface area contributed by atoms with E-state index >= 15 is 0 Å². The Morgan fingerprint density at radius 2 is 2.21 bits per heavy atom. The van der Waals surface area contributed by atoms with Crippen LogP contribution >= 0.6 is 11.3 Å². The third kappa shape index (κ3) is 3.03. The van der Waals surface area contributed by atoms with Crippen molar-refractivity contribution < 1.29 is 8.78 Å². The van der Waals surface area contributed by atoms with E-state index in [4.69, 9.17) is 0 Å². The molecule has 4 heteroatoms. The molecule has 0 aliphatic rings.